The van der Waals surface area contributed by atoms with Crippen molar-refractivity contribution in [3.63, 3.8) is 0 Å². The fourth-order valence-electron chi connectivity index (χ4n) is 1.73. The zero-order valence-corrected chi connectivity index (χ0v) is 11.1. The molecule has 2 aromatic heterocycles. The highest BCUT2D eigenvalue weighted by Crippen LogP contribution is 2.11. The standard InChI is InChI=1S/C12H18N4S/c1-11(7-12-3-6-17-8-12)15(2)4-5-16-10-13-9-14-16/h3,6,8-11H,4-5,7H2,1-2H3/t11-/m1/s1. The monoisotopic (exact) mass is 250 g/mol. The molecule has 0 saturated heterocycles. The molecule has 5 heteroatoms. The lowest BCUT2D eigenvalue weighted by Gasteiger charge is -2.24. The maximum Gasteiger partial charge on any atom is 0.137 e. The number of aromatic nitrogens is 3. The molecule has 0 aliphatic rings. The van der Waals surface area contributed by atoms with Gasteiger partial charge in [0, 0.05) is 12.6 Å². The second kappa shape index (κ2) is 5.93. The van der Waals surface area contributed by atoms with Gasteiger partial charge < -0.3 is 4.90 Å². The first-order valence-corrected chi connectivity index (χ1v) is 6.73. The zero-order valence-electron chi connectivity index (χ0n) is 10.3. The van der Waals surface area contributed by atoms with Gasteiger partial charge in [-0.15, -0.1) is 0 Å². The first kappa shape index (κ1) is 12.3. The van der Waals surface area contributed by atoms with E-state index in [1.54, 1.807) is 24.0 Å². The number of nitrogens with zero attached hydrogens (tertiary/aromatic N) is 4. The van der Waals surface area contributed by atoms with Crippen LogP contribution in [0.2, 0.25) is 0 Å². The van der Waals surface area contributed by atoms with Crippen molar-refractivity contribution in [1.82, 2.24) is 19.7 Å². The molecule has 0 fully saturated rings. The molecule has 0 aliphatic heterocycles. The number of thiophene rings is 1. The molecular formula is C12H18N4S. The van der Waals surface area contributed by atoms with Gasteiger partial charge in [-0.1, -0.05) is 0 Å². The van der Waals surface area contributed by atoms with Gasteiger partial charge in [-0.2, -0.15) is 16.4 Å². The first-order valence-electron chi connectivity index (χ1n) is 5.79. The maximum atomic E-state index is 4.10. The average molecular weight is 250 g/mol. The van der Waals surface area contributed by atoms with Gasteiger partial charge in [0.2, 0.25) is 0 Å². The van der Waals surface area contributed by atoms with E-state index in [4.69, 9.17) is 0 Å². The van der Waals surface area contributed by atoms with Crippen molar-refractivity contribution in [2.45, 2.75) is 25.9 Å². The largest absolute Gasteiger partial charge is 0.302 e. The number of hydrogen-bond donors (Lipinski definition) is 0. The van der Waals surface area contributed by atoms with Crippen LogP contribution in [0.5, 0.6) is 0 Å². The second-order valence-corrected chi connectivity index (χ2v) is 5.10. The SMILES string of the molecule is C[C@H](Cc1ccsc1)N(C)CCn1cncn1. The fraction of sp³-hybridized carbons (Fsp3) is 0.500. The molecule has 0 radical (unpaired) electrons. The molecule has 1 atom stereocenters. The lowest BCUT2D eigenvalue weighted by Crippen LogP contribution is -2.33. The van der Waals surface area contributed by atoms with Crippen molar-refractivity contribution >= 4 is 11.3 Å². The van der Waals surface area contributed by atoms with Gasteiger partial charge in [-0.3, -0.25) is 4.68 Å². The van der Waals surface area contributed by atoms with Crippen LogP contribution >= 0.6 is 11.3 Å². The predicted molar refractivity (Wildman–Crippen MR) is 70.1 cm³/mol. The Hall–Kier alpha value is -1.20. The molecular weight excluding hydrogens is 232 g/mol. The van der Waals surface area contributed by atoms with Gasteiger partial charge in [0.15, 0.2) is 0 Å². The van der Waals surface area contributed by atoms with E-state index < -0.39 is 0 Å². The van der Waals surface area contributed by atoms with E-state index in [-0.39, 0.29) is 0 Å². The molecule has 17 heavy (non-hydrogen) atoms. The minimum absolute atomic E-state index is 0.549. The molecule has 2 aromatic rings. The van der Waals surface area contributed by atoms with Gasteiger partial charge in [-0.25, -0.2) is 4.98 Å². The third-order valence-electron chi connectivity index (χ3n) is 3.01. The van der Waals surface area contributed by atoms with Crippen LogP contribution < -0.4 is 0 Å². The lowest BCUT2D eigenvalue weighted by molar-refractivity contribution is 0.243. The van der Waals surface area contributed by atoms with Crippen molar-refractivity contribution < 1.29 is 0 Å². The molecule has 92 valence electrons. The predicted octanol–water partition coefficient (Wildman–Crippen LogP) is 1.90. The smallest absolute Gasteiger partial charge is 0.137 e. The Bertz CT molecular complexity index is 410. The van der Waals surface area contributed by atoms with E-state index in [0.29, 0.717) is 6.04 Å². The molecule has 0 N–H and O–H groups in total. The third-order valence-corrected chi connectivity index (χ3v) is 3.74. The van der Waals surface area contributed by atoms with Gasteiger partial charge in [-0.05, 0) is 42.8 Å². The van der Waals surface area contributed by atoms with Crippen LogP contribution in [0.25, 0.3) is 0 Å². The minimum atomic E-state index is 0.549. The van der Waals surface area contributed by atoms with Gasteiger partial charge >= 0.3 is 0 Å². The van der Waals surface area contributed by atoms with Gasteiger partial charge in [0.25, 0.3) is 0 Å². The van der Waals surface area contributed by atoms with Crippen LogP contribution in [0.4, 0.5) is 0 Å². The van der Waals surface area contributed by atoms with Crippen molar-refractivity contribution in [3.05, 3.63) is 35.0 Å². The summed E-state index contributed by atoms with van der Waals surface area (Å²) in [6.45, 7) is 4.15. The maximum absolute atomic E-state index is 4.10. The number of rotatable bonds is 6. The van der Waals surface area contributed by atoms with E-state index in [1.165, 1.54) is 5.56 Å². The van der Waals surface area contributed by atoms with Crippen molar-refractivity contribution in [1.29, 1.82) is 0 Å². The Labute approximate surface area is 106 Å². The highest BCUT2D eigenvalue weighted by atomic mass is 32.1. The van der Waals surface area contributed by atoms with Gasteiger partial charge in [0.1, 0.15) is 12.7 Å². The van der Waals surface area contributed by atoms with Crippen molar-refractivity contribution in [2.75, 3.05) is 13.6 Å². The number of likely N-dealkylation sites (N-methyl/N-ethyl adjacent to an activating group) is 1. The molecule has 0 unspecified atom stereocenters. The highest BCUT2D eigenvalue weighted by molar-refractivity contribution is 7.07. The van der Waals surface area contributed by atoms with Crippen LogP contribution in [0.3, 0.4) is 0 Å². The first-order chi connectivity index (χ1) is 8.25. The highest BCUT2D eigenvalue weighted by Gasteiger charge is 2.10. The van der Waals surface area contributed by atoms with Crippen molar-refractivity contribution in [2.24, 2.45) is 0 Å². The molecule has 0 saturated carbocycles. The summed E-state index contributed by atoms with van der Waals surface area (Å²) in [6, 6.07) is 2.75. The van der Waals surface area contributed by atoms with E-state index >= 15 is 0 Å². The van der Waals surface area contributed by atoms with E-state index in [0.717, 1.165) is 19.5 Å². The minimum Gasteiger partial charge on any atom is -0.302 e. The molecule has 2 heterocycles. The third kappa shape index (κ3) is 3.64. The van der Waals surface area contributed by atoms with Gasteiger partial charge in [0.05, 0.1) is 6.54 Å². The molecule has 0 spiro atoms. The van der Waals surface area contributed by atoms with E-state index in [2.05, 4.69) is 45.8 Å². The van der Waals surface area contributed by atoms with Crippen molar-refractivity contribution in [3.8, 4) is 0 Å². The quantitative estimate of drug-likeness (QED) is 0.785. The molecule has 4 nitrogen and oxygen atoms in total. The Morgan fingerprint density at radius 3 is 3.06 bits per heavy atom. The van der Waals surface area contributed by atoms with Crippen LogP contribution in [-0.4, -0.2) is 39.3 Å². The Balaban J connectivity index is 1.77. The normalized spacial score (nSPS) is 13.1. The summed E-state index contributed by atoms with van der Waals surface area (Å²) < 4.78 is 1.87. The second-order valence-electron chi connectivity index (χ2n) is 4.32. The van der Waals surface area contributed by atoms with Crippen LogP contribution in [0, 0.1) is 0 Å². The summed E-state index contributed by atoms with van der Waals surface area (Å²) in [5.41, 5.74) is 1.43. The molecule has 0 aliphatic carbocycles. The Kier molecular flexibility index (Phi) is 4.28. The van der Waals surface area contributed by atoms with Crippen LogP contribution in [-0.2, 0) is 13.0 Å². The summed E-state index contributed by atoms with van der Waals surface area (Å²) in [5, 5.41) is 8.46. The average Bonchev–Trinajstić information content (AvgIpc) is 2.98. The Morgan fingerprint density at radius 1 is 1.53 bits per heavy atom. The molecule has 0 amide bonds. The molecule has 0 aromatic carbocycles. The van der Waals surface area contributed by atoms with E-state index in [9.17, 15) is 0 Å². The summed E-state index contributed by atoms with van der Waals surface area (Å²) in [5.74, 6) is 0. The van der Waals surface area contributed by atoms with E-state index in [1.807, 2.05) is 4.68 Å². The fourth-order valence-corrected chi connectivity index (χ4v) is 2.42. The topological polar surface area (TPSA) is 34.0 Å². The number of hydrogen-bond acceptors (Lipinski definition) is 4. The lowest BCUT2D eigenvalue weighted by atomic mass is 10.1. The summed E-state index contributed by atoms with van der Waals surface area (Å²) in [7, 11) is 2.16. The Morgan fingerprint density at radius 2 is 2.41 bits per heavy atom. The summed E-state index contributed by atoms with van der Waals surface area (Å²) in [6.07, 6.45) is 4.45. The molecule has 0 bridgehead atoms. The molecule has 2 rings (SSSR count). The van der Waals surface area contributed by atoms with Crippen LogP contribution in [0.15, 0.2) is 29.5 Å². The summed E-state index contributed by atoms with van der Waals surface area (Å²) in [4.78, 5) is 6.30. The zero-order chi connectivity index (χ0) is 12.1. The van der Waals surface area contributed by atoms with Crippen LogP contribution in [0.1, 0.15) is 12.5 Å². The summed E-state index contributed by atoms with van der Waals surface area (Å²) >= 11 is 1.76.